The highest BCUT2D eigenvalue weighted by Crippen LogP contribution is 2.32. The lowest BCUT2D eigenvalue weighted by Crippen LogP contribution is -2.38. The van der Waals surface area contributed by atoms with Gasteiger partial charge in [-0.2, -0.15) is 4.98 Å². The minimum atomic E-state index is -0.359. The van der Waals surface area contributed by atoms with Crippen molar-refractivity contribution >= 4 is 22.8 Å². The first-order valence-corrected chi connectivity index (χ1v) is 7.98. The Labute approximate surface area is 138 Å². The lowest BCUT2D eigenvalue weighted by atomic mass is 10.1. The molecular weight excluding hydrogens is 306 g/mol. The Morgan fingerprint density at radius 3 is 2.46 bits per heavy atom. The van der Waals surface area contributed by atoms with Gasteiger partial charge in [-0.1, -0.05) is 25.1 Å². The van der Waals surface area contributed by atoms with Gasteiger partial charge in [0, 0.05) is 32.9 Å². The monoisotopic (exact) mass is 325 g/mol. The van der Waals surface area contributed by atoms with Gasteiger partial charge in [-0.05, 0) is 18.1 Å². The summed E-state index contributed by atoms with van der Waals surface area (Å²) in [6.45, 7) is 3.68. The maximum Gasteiger partial charge on any atom is 0.332 e. The van der Waals surface area contributed by atoms with Gasteiger partial charge < -0.3 is 9.47 Å². The molecule has 0 amide bonds. The largest absolute Gasteiger partial charge is 0.332 e. The standard InChI is InChI=1S/C17H19N5O2/c1-11-9-21(12-7-5-4-6-8-12)16-18-14-13(22(16)10-11)15(23)20(3)17(24)19(14)2/h4-8,11H,9-10H2,1-3H3/t11-/m1/s1. The van der Waals surface area contributed by atoms with E-state index >= 15 is 0 Å². The number of anilines is 2. The molecule has 0 radical (unpaired) electrons. The van der Waals surface area contributed by atoms with Gasteiger partial charge in [-0.15, -0.1) is 0 Å². The molecule has 1 atom stereocenters. The molecule has 124 valence electrons. The molecule has 7 nitrogen and oxygen atoms in total. The average molecular weight is 325 g/mol. The Morgan fingerprint density at radius 1 is 1.04 bits per heavy atom. The summed E-state index contributed by atoms with van der Waals surface area (Å²) in [5.41, 5.74) is 1.30. The predicted molar refractivity (Wildman–Crippen MR) is 92.8 cm³/mol. The summed E-state index contributed by atoms with van der Waals surface area (Å²) in [7, 11) is 3.16. The molecule has 24 heavy (non-hydrogen) atoms. The van der Waals surface area contributed by atoms with E-state index < -0.39 is 0 Å². The van der Waals surface area contributed by atoms with Crippen molar-refractivity contribution in [3.63, 3.8) is 0 Å². The van der Waals surface area contributed by atoms with Crippen molar-refractivity contribution in [1.82, 2.24) is 18.7 Å². The molecule has 0 spiro atoms. The van der Waals surface area contributed by atoms with Crippen LogP contribution >= 0.6 is 0 Å². The Morgan fingerprint density at radius 2 is 1.75 bits per heavy atom. The molecule has 7 heteroatoms. The molecule has 3 heterocycles. The Kier molecular flexibility index (Phi) is 3.13. The highest BCUT2D eigenvalue weighted by molar-refractivity contribution is 5.77. The van der Waals surface area contributed by atoms with Gasteiger partial charge in [-0.3, -0.25) is 13.9 Å². The SMILES string of the molecule is C[C@@H]1CN(c2ccccc2)c2nc3c(c(=O)n(C)c(=O)n3C)n2C1. The Bertz CT molecular complexity index is 1040. The molecule has 1 aromatic carbocycles. The van der Waals surface area contributed by atoms with Crippen LogP contribution in [-0.4, -0.2) is 25.2 Å². The van der Waals surface area contributed by atoms with Crippen LogP contribution in [0.5, 0.6) is 0 Å². The predicted octanol–water partition coefficient (Wildman–Crippen LogP) is 1.22. The van der Waals surface area contributed by atoms with Crippen molar-refractivity contribution in [2.75, 3.05) is 11.4 Å². The maximum atomic E-state index is 12.7. The lowest BCUT2D eigenvalue weighted by Gasteiger charge is -2.32. The molecule has 0 aliphatic carbocycles. The second-order valence-corrected chi connectivity index (χ2v) is 6.45. The first-order chi connectivity index (χ1) is 11.5. The molecule has 2 aromatic heterocycles. The summed E-state index contributed by atoms with van der Waals surface area (Å²) >= 11 is 0. The Balaban J connectivity index is 2.07. The molecule has 1 aliphatic rings. The van der Waals surface area contributed by atoms with Crippen molar-refractivity contribution < 1.29 is 0 Å². The molecule has 3 aromatic rings. The minimum Gasteiger partial charge on any atom is -0.312 e. The van der Waals surface area contributed by atoms with Crippen LogP contribution in [0, 0.1) is 5.92 Å². The summed E-state index contributed by atoms with van der Waals surface area (Å²) in [5.74, 6) is 1.07. The number of nitrogens with zero attached hydrogens (tertiary/aromatic N) is 5. The van der Waals surface area contributed by atoms with E-state index in [9.17, 15) is 9.59 Å². The summed E-state index contributed by atoms with van der Waals surface area (Å²) in [4.78, 5) is 31.6. The van der Waals surface area contributed by atoms with Gasteiger partial charge in [0.2, 0.25) is 5.95 Å². The average Bonchev–Trinajstić information content (AvgIpc) is 2.97. The number of imidazole rings is 1. The maximum absolute atomic E-state index is 12.7. The number of hydrogen-bond acceptors (Lipinski definition) is 4. The zero-order valence-corrected chi connectivity index (χ0v) is 13.9. The zero-order chi connectivity index (χ0) is 17.0. The van der Waals surface area contributed by atoms with E-state index in [-0.39, 0.29) is 11.2 Å². The van der Waals surface area contributed by atoms with Crippen molar-refractivity contribution in [2.24, 2.45) is 20.0 Å². The fourth-order valence-electron chi connectivity index (χ4n) is 3.41. The molecule has 1 aliphatic heterocycles. The van der Waals surface area contributed by atoms with Gasteiger partial charge in [0.05, 0.1) is 0 Å². The van der Waals surface area contributed by atoms with E-state index in [1.54, 1.807) is 7.05 Å². The molecule has 0 saturated carbocycles. The van der Waals surface area contributed by atoms with E-state index in [1.165, 1.54) is 11.6 Å². The third-order valence-corrected chi connectivity index (χ3v) is 4.63. The number of para-hydroxylation sites is 1. The number of aryl methyl sites for hydroxylation is 1. The topological polar surface area (TPSA) is 65.1 Å². The van der Waals surface area contributed by atoms with E-state index in [0.29, 0.717) is 29.6 Å². The van der Waals surface area contributed by atoms with Crippen LogP contribution < -0.4 is 16.1 Å². The number of rotatable bonds is 1. The van der Waals surface area contributed by atoms with Crippen LogP contribution in [0.2, 0.25) is 0 Å². The van der Waals surface area contributed by atoms with Crippen molar-refractivity contribution in [3.05, 3.63) is 51.2 Å². The van der Waals surface area contributed by atoms with Crippen molar-refractivity contribution in [1.29, 1.82) is 0 Å². The van der Waals surface area contributed by atoms with E-state index in [2.05, 4.69) is 16.8 Å². The third kappa shape index (κ3) is 1.94. The van der Waals surface area contributed by atoms with Gasteiger partial charge in [-0.25, -0.2) is 4.79 Å². The number of hydrogen-bond donors (Lipinski definition) is 0. The zero-order valence-electron chi connectivity index (χ0n) is 13.9. The highest BCUT2D eigenvalue weighted by Gasteiger charge is 2.29. The fourth-order valence-corrected chi connectivity index (χ4v) is 3.41. The first-order valence-electron chi connectivity index (χ1n) is 7.98. The van der Waals surface area contributed by atoms with E-state index in [0.717, 1.165) is 16.8 Å². The minimum absolute atomic E-state index is 0.297. The van der Waals surface area contributed by atoms with Gasteiger partial charge >= 0.3 is 5.69 Å². The van der Waals surface area contributed by atoms with Gasteiger partial charge in [0.1, 0.15) is 0 Å². The van der Waals surface area contributed by atoms with Gasteiger partial charge in [0.25, 0.3) is 5.56 Å². The van der Waals surface area contributed by atoms with Crippen LogP contribution in [0.4, 0.5) is 11.6 Å². The quantitative estimate of drug-likeness (QED) is 0.675. The summed E-state index contributed by atoms with van der Waals surface area (Å²) < 4.78 is 4.53. The molecule has 4 rings (SSSR count). The number of aromatic nitrogens is 4. The fraction of sp³-hybridized carbons (Fsp3) is 0.353. The Hall–Kier alpha value is -2.83. The molecule has 0 unspecified atom stereocenters. The molecule has 0 fully saturated rings. The van der Waals surface area contributed by atoms with E-state index in [4.69, 9.17) is 0 Å². The summed E-state index contributed by atoms with van der Waals surface area (Å²) in [5, 5.41) is 0. The smallest absolute Gasteiger partial charge is 0.312 e. The second kappa shape index (κ2) is 5.09. The lowest BCUT2D eigenvalue weighted by molar-refractivity contribution is 0.458. The highest BCUT2D eigenvalue weighted by atomic mass is 16.2. The van der Waals surface area contributed by atoms with Crippen LogP contribution in [0.3, 0.4) is 0 Å². The number of benzene rings is 1. The van der Waals surface area contributed by atoms with E-state index in [1.807, 2.05) is 34.9 Å². The van der Waals surface area contributed by atoms with Crippen molar-refractivity contribution in [2.45, 2.75) is 13.5 Å². The first kappa shape index (κ1) is 14.7. The van der Waals surface area contributed by atoms with Crippen LogP contribution in [0.1, 0.15) is 6.92 Å². The van der Waals surface area contributed by atoms with Crippen LogP contribution in [-0.2, 0) is 20.6 Å². The summed E-state index contributed by atoms with van der Waals surface area (Å²) in [6.07, 6.45) is 0. The molecule has 0 saturated heterocycles. The molecule has 0 N–H and O–H groups in total. The summed E-state index contributed by atoms with van der Waals surface area (Å²) in [6, 6.07) is 9.99. The van der Waals surface area contributed by atoms with Crippen LogP contribution in [0.15, 0.2) is 39.9 Å². The van der Waals surface area contributed by atoms with Crippen molar-refractivity contribution in [3.8, 4) is 0 Å². The second-order valence-electron chi connectivity index (χ2n) is 6.45. The third-order valence-electron chi connectivity index (χ3n) is 4.63. The van der Waals surface area contributed by atoms with Crippen LogP contribution in [0.25, 0.3) is 11.2 Å². The molecule has 0 bridgehead atoms. The normalized spacial score (nSPS) is 17.3. The van der Waals surface area contributed by atoms with Gasteiger partial charge in [0.15, 0.2) is 11.2 Å². The molecular formula is C17H19N5O2. The number of fused-ring (bicyclic) bond motifs is 3.